The minimum absolute atomic E-state index is 0.356. The first kappa shape index (κ1) is 19.6. The number of aryl methyl sites for hydroxylation is 3. The van der Waals surface area contributed by atoms with E-state index in [-0.39, 0.29) is 0 Å². The molecule has 0 amide bonds. The number of nitrogens with zero attached hydrogens (tertiary/aromatic N) is 5. The predicted molar refractivity (Wildman–Crippen MR) is 123 cm³/mol. The highest BCUT2D eigenvalue weighted by molar-refractivity contribution is 5.92. The third-order valence-electron chi connectivity index (χ3n) is 7.33. The van der Waals surface area contributed by atoms with Crippen LogP contribution in [-0.2, 0) is 13.1 Å². The molecule has 2 saturated heterocycles. The summed E-state index contributed by atoms with van der Waals surface area (Å²) in [6.45, 7) is 11.9. The molecule has 2 aliphatic heterocycles. The summed E-state index contributed by atoms with van der Waals surface area (Å²) >= 11 is 0. The molecule has 0 unspecified atom stereocenters. The first-order chi connectivity index (χ1) is 14.6. The molecule has 2 aromatic heterocycles. The summed E-state index contributed by atoms with van der Waals surface area (Å²) in [5, 5.41) is 5.95. The smallest absolute Gasteiger partial charge is 0.0726 e. The van der Waals surface area contributed by atoms with E-state index < -0.39 is 0 Å². The first-order valence-electron chi connectivity index (χ1n) is 11.5. The van der Waals surface area contributed by atoms with Crippen LogP contribution >= 0.6 is 0 Å². The minimum Gasteiger partial charge on any atom is -0.371 e. The van der Waals surface area contributed by atoms with E-state index in [1.54, 1.807) is 0 Å². The first-order valence-corrected chi connectivity index (χ1v) is 11.5. The molecule has 2 fully saturated rings. The molecule has 0 radical (unpaired) electrons. The largest absolute Gasteiger partial charge is 0.371 e. The molecule has 3 aromatic rings. The number of fused-ring (bicyclic) bond motifs is 1. The van der Waals surface area contributed by atoms with Crippen molar-refractivity contribution in [2.75, 3.05) is 24.5 Å². The Morgan fingerprint density at radius 3 is 2.60 bits per heavy atom. The fourth-order valence-corrected chi connectivity index (χ4v) is 5.60. The molecule has 5 nitrogen and oxygen atoms in total. The van der Waals surface area contributed by atoms with Gasteiger partial charge in [-0.1, -0.05) is 18.2 Å². The summed E-state index contributed by atoms with van der Waals surface area (Å²) in [4.78, 5) is 10.1. The van der Waals surface area contributed by atoms with Crippen LogP contribution < -0.4 is 4.90 Å². The lowest BCUT2D eigenvalue weighted by Gasteiger charge is -2.46. The minimum atomic E-state index is 0.356. The number of rotatable bonds is 4. The topological polar surface area (TPSA) is 37.2 Å². The van der Waals surface area contributed by atoms with Crippen molar-refractivity contribution in [3.05, 3.63) is 53.5 Å². The molecule has 1 spiro atoms. The van der Waals surface area contributed by atoms with Gasteiger partial charge in [0.15, 0.2) is 0 Å². The summed E-state index contributed by atoms with van der Waals surface area (Å²) < 4.78 is 2.08. The maximum atomic E-state index is 4.74. The number of piperidine rings is 1. The molecule has 158 valence electrons. The molecule has 1 aromatic carbocycles. The van der Waals surface area contributed by atoms with Crippen molar-refractivity contribution in [3.63, 3.8) is 0 Å². The Morgan fingerprint density at radius 1 is 1.03 bits per heavy atom. The van der Waals surface area contributed by atoms with Crippen molar-refractivity contribution in [1.29, 1.82) is 0 Å². The summed E-state index contributed by atoms with van der Waals surface area (Å²) in [7, 11) is 0. The number of benzene rings is 1. The molecule has 0 bridgehead atoms. The number of hydrogen-bond donors (Lipinski definition) is 0. The zero-order valence-corrected chi connectivity index (χ0v) is 18.6. The standard InChI is InChI=1S/C25H33N5/c1-4-30-18-21(20(3)27-30)17-29-13-7-10-25(29)11-14-28(15-12-25)24-16-19(2)26-23-9-6-5-8-22(23)24/h5-6,8-9,16,18H,4,7,10-15,17H2,1-3H3. The maximum absolute atomic E-state index is 4.74. The number of likely N-dealkylation sites (tertiary alicyclic amines) is 1. The summed E-state index contributed by atoms with van der Waals surface area (Å²) in [6.07, 6.45) is 7.38. The lowest BCUT2D eigenvalue weighted by molar-refractivity contribution is 0.0996. The van der Waals surface area contributed by atoms with Crippen molar-refractivity contribution in [1.82, 2.24) is 19.7 Å². The number of hydrogen-bond acceptors (Lipinski definition) is 4. The highest BCUT2D eigenvalue weighted by atomic mass is 15.3. The molecule has 2 aliphatic rings. The molecular formula is C25H33N5. The lowest BCUT2D eigenvalue weighted by atomic mass is 9.84. The van der Waals surface area contributed by atoms with Gasteiger partial charge in [-0.15, -0.1) is 0 Å². The van der Waals surface area contributed by atoms with E-state index in [4.69, 9.17) is 4.98 Å². The van der Waals surface area contributed by atoms with Crippen LogP contribution in [0.1, 0.15) is 49.6 Å². The van der Waals surface area contributed by atoms with E-state index in [9.17, 15) is 0 Å². The van der Waals surface area contributed by atoms with Gasteiger partial charge in [0.25, 0.3) is 0 Å². The summed E-state index contributed by atoms with van der Waals surface area (Å²) in [5.41, 5.74) is 6.52. The van der Waals surface area contributed by atoms with Gasteiger partial charge in [0.05, 0.1) is 11.2 Å². The number of pyridine rings is 1. The van der Waals surface area contributed by atoms with E-state index in [2.05, 4.69) is 76.9 Å². The molecule has 0 atom stereocenters. The van der Waals surface area contributed by atoms with Crippen LogP contribution in [0, 0.1) is 13.8 Å². The number of aromatic nitrogens is 3. The van der Waals surface area contributed by atoms with Gasteiger partial charge in [-0.25, -0.2) is 0 Å². The Balaban J connectivity index is 1.35. The monoisotopic (exact) mass is 403 g/mol. The molecule has 0 aliphatic carbocycles. The fraction of sp³-hybridized carbons (Fsp3) is 0.520. The molecule has 30 heavy (non-hydrogen) atoms. The van der Waals surface area contributed by atoms with E-state index in [0.717, 1.165) is 37.4 Å². The van der Waals surface area contributed by atoms with E-state index in [1.165, 1.54) is 54.6 Å². The van der Waals surface area contributed by atoms with Crippen LogP contribution in [0.3, 0.4) is 0 Å². The second-order valence-electron chi connectivity index (χ2n) is 9.13. The molecular weight excluding hydrogens is 370 g/mol. The molecule has 0 N–H and O–H groups in total. The van der Waals surface area contributed by atoms with Gasteiger partial charge in [-0.3, -0.25) is 14.6 Å². The van der Waals surface area contributed by atoms with Gasteiger partial charge in [-0.2, -0.15) is 5.10 Å². The Bertz CT molecular complexity index is 1040. The maximum Gasteiger partial charge on any atom is 0.0726 e. The quantitative estimate of drug-likeness (QED) is 0.633. The fourth-order valence-electron chi connectivity index (χ4n) is 5.60. The molecule has 5 heteroatoms. The van der Waals surface area contributed by atoms with Gasteiger partial charge in [0, 0.05) is 60.2 Å². The van der Waals surface area contributed by atoms with Gasteiger partial charge in [-0.05, 0) is 65.1 Å². The molecule has 5 rings (SSSR count). The zero-order valence-electron chi connectivity index (χ0n) is 18.6. The van der Waals surface area contributed by atoms with Crippen LogP contribution in [0.15, 0.2) is 36.5 Å². The predicted octanol–water partition coefficient (Wildman–Crippen LogP) is 4.70. The van der Waals surface area contributed by atoms with Gasteiger partial charge in [0.1, 0.15) is 0 Å². The lowest BCUT2D eigenvalue weighted by Crippen LogP contribution is -2.52. The Labute approximate surface area is 179 Å². The average Bonchev–Trinajstić information content (AvgIpc) is 3.31. The highest BCUT2D eigenvalue weighted by Gasteiger charge is 2.43. The Hall–Kier alpha value is -2.40. The van der Waals surface area contributed by atoms with Crippen molar-refractivity contribution < 1.29 is 0 Å². The molecule has 0 saturated carbocycles. The second-order valence-corrected chi connectivity index (χ2v) is 9.13. The van der Waals surface area contributed by atoms with E-state index in [1.807, 2.05) is 0 Å². The van der Waals surface area contributed by atoms with Gasteiger partial charge in [0.2, 0.25) is 0 Å². The normalized spacial score (nSPS) is 19.2. The third-order valence-corrected chi connectivity index (χ3v) is 7.33. The van der Waals surface area contributed by atoms with Crippen molar-refractivity contribution in [2.24, 2.45) is 0 Å². The van der Waals surface area contributed by atoms with E-state index in [0.29, 0.717) is 5.54 Å². The highest BCUT2D eigenvalue weighted by Crippen LogP contribution is 2.41. The van der Waals surface area contributed by atoms with Crippen molar-refractivity contribution >= 4 is 16.6 Å². The zero-order chi connectivity index (χ0) is 20.7. The van der Waals surface area contributed by atoms with Crippen LogP contribution in [0.25, 0.3) is 10.9 Å². The van der Waals surface area contributed by atoms with Crippen LogP contribution in [-0.4, -0.2) is 44.8 Å². The Morgan fingerprint density at radius 2 is 1.83 bits per heavy atom. The average molecular weight is 404 g/mol. The molecule has 4 heterocycles. The number of anilines is 1. The number of para-hydroxylation sites is 1. The van der Waals surface area contributed by atoms with Crippen molar-refractivity contribution in [2.45, 2.75) is 65.1 Å². The summed E-state index contributed by atoms with van der Waals surface area (Å²) in [5.74, 6) is 0. The van der Waals surface area contributed by atoms with Gasteiger partial charge >= 0.3 is 0 Å². The van der Waals surface area contributed by atoms with Crippen molar-refractivity contribution in [3.8, 4) is 0 Å². The van der Waals surface area contributed by atoms with Gasteiger partial charge < -0.3 is 4.90 Å². The van der Waals surface area contributed by atoms with Crippen LogP contribution in [0.5, 0.6) is 0 Å². The van der Waals surface area contributed by atoms with E-state index >= 15 is 0 Å². The SMILES string of the molecule is CCn1cc(CN2CCCC23CCN(c2cc(C)nc4ccccc24)CC3)c(C)n1. The van der Waals surface area contributed by atoms with Crippen LogP contribution in [0.2, 0.25) is 0 Å². The Kier molecular flexibility index (Phi) is 5.02. The summed E-state index contributed by atoms with van der Waals surface area (Å²) in [6, 6.07) is 10.8. The van der Waals surface area contributed by atoms with Crippen LogP contribution in [0.4, 0.5) is 5.69 Å². The third kappa shape index (κ3) is 3.39. The second kappa shape index (κ2) is 7.69.